The molecule has 0 saturated heterocycles. The Kier molecular flexibility index (Phi) is 4.72. The van der Waals surface area contributed by atoms with E-state index in [2.05, 4.69) is 15.9 Å². The normalized spacial score (nSPS) is 10.5. The Morgan fingerprint density at radius 3 is 2.63 bits per heavy atom. The first-order chi connectivity index (χ1) is 9.04. The van der Waals surface area contributed by atoms with E-state index in [1.807, 2.05) is 12.1 Å². The maximum absolute atomic E-state index is 13.0. The fourth-order valence-corrected chi connectivity index (χ4v) is 2.55. The number of carbonyl (C=O) groups is 1. The molecule has 0 amide bonds. The summed E-state index contributed by atoms with van der Waals surface area (Å²) >= 11 is 9.37. The van der Waals surface area contributed by atoms with Crippen LogP contribution in [-0.2, 0) is 17.6 Å². The van der Waals surface area contributed by atoms with Gasteiger partial charge >= 0.3 is 0 Å². The second-order valence-electron chi connectivity index (χ2n) is 4.26. The molecule has 0 N–H and O–H groups in total. The molecule has 0 bridgehead atoms. The van der Waals surface area contributed by atoms with Crippen LogP contribution in [0.25, 0.3) is 0 Å². The van der Waals surface area contributed by atoms with Crippen molar-refractivity contribution in [3.63, 3.8) is 0 Å². The minimum atomic E-state index is -0.327. The van der Waals surface area contributed by atoms with Crippen molar-refractivity contribution in [3.05, 3.63) is 68.9 Å². The number of hydrogen-bond donors (Lipinski definition) is 0. The second kappa shape index (κ2) is 6.31. The van der Waals surface area contributed by atoms with Crippen molar-refractivity contribution in [3.8, 4) is 0 Å². The molecule has 0 aliphatic rings. The van der Waals surface area contributed by atoms with Gasteiger partial charge < -0.3 is 0 Å². The van der Waals surface area contributed by atoms with E-state index >= 15 is 0 Å². The SMILES string of the molecule is O=C(Cc1cccc(F)c1)Cc1ccc(Br)cc1Cl. The van der Waals surface area contributed by atoms with Crippen LogP contribution < -0.4 is 0 Å². The minimum absolute atomic E-state index is 0.00909. The molecule has 0 aliphatic carbocycles. The fraction of sp³-hybridized carbons (Fsp3) is 0.133. The molecule has 0 fully saturated rings. The number of benzene rings is 2. The van der Waals surface area contributed by atoms with Crippen LogP contribution in [0.15, 0.2) is 46.9 Å². The predicted octanol–water partition coefficient (Wildman–Crippen LogP) is 4.60. The molecule has 0 aromatic heterocycles. The maximum Gasteiger partial charge on any atom is 0.141 e. The average molecular weight is 342 g/mol. The Morgan fingerprint density at radius 1 is 1.16 bits per heavy atom. The fourth-order valence-electron chi connectivity index (χ4n) is 1.81. The Bertz CT molecular complexity index is 613. The maximum atomic E-state index is 13.0. The van der Waals surface area contributed by atoms with Crippen LogP contribution >= 0.6 is 27.5 Å². The lowest BCUT2D eigenvalue weighted by atomic mass is 10.0. The van der Waals surface area contributed by atoms with Crippen LogP contribution in [0, 0.1) is 5.82 Å². The quantitative estimate of drug-likeness (QED) is 0.794. The standard InChI is InChI=1S/C15H11BrClFO/c16-12-5-4-11(15(17)9-12)8-14(19)7-10-2-1-3-13(18)6-10/h1-6,9H,7-8H2. The van der Waals surface area contributed by atoms with Gasteiger partial charge in [-0.3, -0.25) is 4.79 Å². The lowest BCUT2D eigenvalue weighted by Crippen LogP contribution is -2.07. The lowest BCUT2D eigenvalue weighted by molar-refractivity contribution is -0.117. The van der Waals surface area contributed by atoms with Gasteiger partial charge in [-0.05, 0) is 35.4 Å². The largest absolute Gasteiger partial charge is 0.299 e. The van der Waals surface area contributed by atoms with Crippen LogP contribution in [0.1, 0.15) is 11.1 Å². The molecule has 4 heteroatoms. The highest BCUT2D eigenvalue weighted by molar-refractivity contribution is 9.10. The molecule has 0 radical (unpaired) electrons. The molecule has 2 aromatic carbocycles. The molecule has 0 aliphatic heterocycles. The molecule has 98 valence electrons. The molecular formula is C15H11BrClFO. The van der Waals surface area contributed by atoms with E-state index in [0.717, 1.165) is 10.0 Å². The van der Waals surface area contributed by atoms with Crippen molar-refractivity contribution >= 4 is 33.3 Å². The highest BCUT2D eigenvalue weighted by atomic mass is 79.9. The molecular weight excluding hydrogens is 331 g/mol. The Morgan fingerprint density at radius 2 is 1.95 bits per heavy atom. The highest BCUT2D eigenvalue weighted by Crippen LogP contribution is 2.22. The number of hydrogen-bond acceptors (Lipinski definition) is 1. The van der Waals surface area contributed by atoms with Crippen LogP contribution in [0.3, 0.4) is 0 Å². The summed E-state index contributed by atoms with van der Waals surface area (Å²) in [7, 11) is 0. The molecule has 1 nitrogen and oxygen atoms in total. The summed E-state index contributed by atoms with van der Waals surface area (Å²) in [5, 5.41) is 0.557. The van der Waals surface area contributed by atoms with Crippen molar-refractivity contribution in [2.45, 2.75) is 12.8 Å². The zero-order valence-electron chi connectivity index (χ0n) is 10.00. The molecule has 2 rings (SSSR count). The monoisotopic (exact) mass is 340 g/mol. The number of carbonyl (C=O) groups excluding carboxylic acids is 1. The molecule has 0 unspecified atom stereocenters. The summed E-state index contributed by atoms with van der Waals surface area (Å²) in [6.07, 6.45) is 0.465. The van der Waals surface area contributed by atoms with Crippen LogP contribution in [0.4, 0.5) is 4.39 Å². The third-order valence-electron chi connectivity index (χ3n) is 2.69. The number of Topliss-reactive ketones (excluding diaryl/α,β-unsaturated/α-hetero) is 1. The molecule has 0 spiro atoms. The molecule has 0 atom stereocenters. The average Bonchev–Trinajstić information content (AvgIpc) is 2.33. The van der Waals surface area contributed by atoms with Crippen LogP contribution in [-0.4, -0.2) is 5.78 Å². The first kappa shape index (κ1) is 14.2. The summed E-state index contributed by atoms with van der Waals surface area (Å²) in [5.74, 6) is -0.318. The van der Waals surface area contributed by atoms with Crippen molar-refractivity contribution in [2.24, 2.45) is 0 Å². The zero-order chi connectivity index (χ0) is 13.8. The Hall–Kier alpha value is -1.19. The topological polar surface area (TPSA) is 17.1 Å². The van der Waals surface area contributed by atoms with Crippen molar-refractivity contribution in [2.75, 3.05) is 0 Å². The third kappa shape index (κ3) is 4.15. The zero-order valence-corrected chi connectivity index (χ0v) is 12.3. The summed E-state index contributed by atoms with van der Waals surface area (Å²) in [4.78, 5) is 11.9. The van der Waals surface area contributed by atoms with Crippen molar-refractivity contribution in [1.29, 1.82) is 0 Å². The van der Waals surface area contributed by atoms with Gasteiger partial charge in [-0.2, -0.15) is 0 Å². The van der Waals surface area contributed by atoms with E-state index < -0.39 is 0 Å². The molecule has 0 heterocycles. The Labute approximate surface area is 124 Å². The first-order valence-corrected chi connectivity index (χ1v) is 6.92. The van der Waals surface area contributed by atoms with Gasteiger partial charge in [0.1, 0.15) is 11.6 Å². The van der Waals surface area contributed by atoms with Gasteiger partial charge in [0.2, 0.25) is 0 Å². The number of ketones is 1. The highest BCUT2D eigenvalue weighted by Gasteiger charge is 2.09. The summed E-state index contributed by atoms with van der Waals surface area (Å²) in [6.45, 7) is 0. The minimum Gasteiger partial charge on any atom is -0.299 e. The summed E-state index contributed by atoms with van der Waals surface area (Å²) < 4.78 is 13.9. The van der Waals surface area contributed by atoms with Gasteiger partial charge in [-0.15, -0.1) is 0 Å². The van der Waals surface area contributed by atoms with Gasteiger partial charge in [-0.25, -0.2) is 4.39 Å². The molecule has 19 heavy (non-hydrogen) atoms. The van der Waals surface area contributed by atoms with Crippen molar-refractivity contribution in [1.82, 2.24) is 0 Å². The van der Waals surface area contributed by atoms with E-state index in [-0.39, 0.29) is 24.4 Å². The van der Waals surface area contributed by atoms with E-state index in [0.29, 0.717) is 10.6 Å². The van der Waals surface area contributed by atoms with Gasteiger partial charge in [0, 0.05) is 22.3 Å². The molecule has 2 aromatic rings. The predicted molar refractivity (Wildman–Crippen MR) is 78.0 cm³/mol. The molecule has 0 saturated carbocycles. The Balaban J connectivity index is 2.05. The van der Waals surface area contributed by atoms with E-state index in [9.17, 15) is 9.18 Å². The van der Waals surface area contributed by atoms with Crippen LogP contribution in [0.2, 0.25) is 5.02 Å². The first-order valence-electron chi connectivity index (χ1n) is 5.74. The van der Waals surface area contributed by atoms with E-state index in [1.54, 1.807) is 18.2 Å². The van der Waals surface area contributed by atoms with Gasteiger partial charge in [0.25, 0.3) is 0 Å². The second-order valence-corrected chi connectivity index (χ2v) is 5.58. The van der Waals surface area contributed by atoms with E-state index in [4.69, 9.17) is 11.6 Å². The smallest absolute Gasteiger partial charge is 0.141 e. The summed E-state index contributed by atoms with van der Waals surface area (Å²) in [6, 6.07) is 11.5. The van der Waals surface area contributed by atoms with Crippen LogP contribution in [0.5, 0.6) is 0 Å². The lowest BCUT2D eigenvalue weighted by Gasteiger charge is -2.05. The third-order valence-corrected chi connectivity index (χ3v) is 3.54. The van der Waals surface area contributed by atoms with Crippen molar-refractivity contribution < 1.29 is 9.18 Å². The summed E-state index contributed by atoms with van der Waals surface area (Å²) in [5.41, 5.74) is 1.46. The number of halogens is 3. The number of rotatable bonds is 4. The van der Waals surface area contributed by atoms with Gasteiger partial charge in [-0.1, -0.05) is 45.7 Å². The van der Waals surface area contributed by atoms with Gasteiger partial charge in [0.05, 0.1) is 0 Å². The van der Waals surface area contributed by atoms with Gasteiger partial charge in [0.15, 0.2) is 0 Å². The van der Waals surface area contributed by atoms with E-state index in [1.165, 1.54) is 12.1 Å².